The number of amides is 1. The zero-order valence-corrected chi connectivity index (χ0v) is 14.3. The Kier molecular flexibility index (Phi) is 4.28. The van der Waals surface area contributed by atoms with E-state index in [4.69, 9.17) is 4.74 Å². The molecule has 3 aromatic rings. The fraction of sp³-hybridized carbons (Fsp3) is 0.368. The van der Waals surface area contributed by atoms with Gasteiger partial charge in [0.25, 0.3) is 5.91 Å². The Labute approximate surface area is 146 Å². The maximum absolute atomic E-state index is 12.8. The van der Waals surface area contributed by atoms with Crippen molar-refractivity contribution in [3.63, 3.8) is 0 Å². The molecule has 130 valence electrons. The van der Waals surface area contributed by atoms with Crippen molar-refractivity contribution in [2.75, 3.05) is 26.3 Å². The third kappa shape index (κ3) is 3.30. The number of benzene rings is 1. The van der Waals surface area contributed by atoms with Gasteiger partial charge in [-0.3, -0.25) is 9.48 Å². The van der Waals surface area contributed by atoms with Gasteiger partial charge < -0.3 is 14.6 Å². The number of fused-ring (bicyclic) bond motifs is 1. The van der Waals surface area contributed by atoms with E-state index in [0.29, 0.717) is 32.0 Å². The van der Waals surface area contributed by atoms with Crippen LogP contribution in [0.5, 0.6) is 0 Å². The summed E-state index contributed by atoms with van der Waals surface area (Å²) in [6, 6.07) is 10.3. The van der Waals surface area contributed by atoms with Crippen molar-refractivity contribution in [1.29, 1.82) is 0 Å². The van der Waals surface area contributed by atoms with Crippen molar-refractivity contribution < 1.29 is 9.53 Å². The predicted molar refractivity (Wildman–Crippen MR) is 95.4 cm³/mol. The molecule has 1 amide bonds. The lowest BCUT2D eigenvalue weighted by Crippen LogP contribution is -2.37. The standard InChI is InChI=1S/C19H22N4O2/c1-22-18(5-7-21-22)19(24)23-8-9-25-13-15(12-23)10-14-2-3-17-16(11-14)4-6-20-17/h2-7,11,15,20H,8-10,12-13H2,1H3/t15-/m1/s1. The first-order valence-corrected chi connectivity index (χ1v) is 8.62. The second kappa shape index (κ2) is 6.72. The van der Waals surface area contributed by atoms with Gasteiger partial charge in [0.05, 0.1) is 13.2 Å². The average Bonchev–Trinajstić information content (AvgIpc) is 3.18. The lowest BCUT2D eigenvalue weighted by molar-refractivity contribution is 0.0726. The monoisotopic (exact) mass is 338 g/mol. The molecule has 1 aliphatic heterocycles. The first-order chi connectivity index (χ1) is 12.2. The highest BCUT2D eigenvalue weighted by Crippen LogP contribution is 2.19. The van der Waals surface area contributed by atoms with Crippen molar-refractivity contribution in [1.82, 2.24) is 19.7 Å². The molecule has 0 saturated carbocycles. The molecule has 4 rings (SSSR count). The van der Waals surface area contributed by atoms with Gasteiger partial charge in [-0.25, -0.2) is 0 Å². The SMILES string of the molecule is Cn1nccc1C(=O)N1CCOC[C@H](Cc2ccc3[nH]ccc3c2)C1. The number of carbonyl (C=O) groups is 1. The molecule has 0 unspecified atom stereocenters. The number of aryl methyl sites for hydroxylation is 1. The van der Waals surface area contributed by atoms with Gasteiger partial charge in [0, 0.05) is 44.0 Å². The highest BCUT2D eigenvalue weighted by Gasteiger charge is 2.25. The normalized spacial score (nSPS) is 18.4. The van der Waals surface area contributed by atoms with Crippen molar-refractivity contribution >= 4 is 16.8 Å². The number of nitrogens with one attached hydrogen (secondary N) is 1. The number of H-pyrrole nitrogens is 1. The molecule has 25 heavy (non-hydrogen) atoms. The van der Waals surface area contributed by atoms with Gasteiger partial charge in [-0.2, -0.15) is 5.10 Å². The Hall–Kier alpha value is -2.60. The summed E-state index contributed by atoms with van der Waals surface area (Å²) in [6.45, 7) is 2.59. The summed E-state index contributed by atoms with van der Waals surface area (Å²) < 4.78 is 7.39. The Morgan fingerprint density at radius 1 is 1.36 bits per heavy atom. The summed E-state index contributed by atoms with van der Waals surface area (Å²) in [6.07, 6.45) is 4.51. The van der Waals surface area contributed by atoms with E-state index in [1.165, 1.54) is 10.9 Å². The minimum atomic E-state index is 0.0246. The van der Waals surface area contributed by atoms with Crippen molar-refractivity contribution in [3.8, 4) is 0 Å². The molecule has 0 radical (unpaired) electrons. The first-order valence-electron chi connectivity index (χ1n) is 8.62. The quantitative estimate of drug-likeness (QED) is 0.796. The molecule has 1 aliphatic rings. The van der Waals surface area contributed by atoms with Gasteiger partial charge in [0.2, 0.25) is 0 Å². The van der Waals surface area contributed by atoms with Crippen LogP contribution in [0.4, 0.5) is 0 Å². The second-order valence-corrected chi connectivity index (χ2v) is 6.64. The summed E-state index contributed by atoms with van der Waals surface area (Å²) in [5.74, 6) is 0.313. The molecule has 1 saturated heterocycles. The third-order valence-corrected chi connectivity index (χ3v) is 4.81. The number of aromatic nitrogens is 3. The highest BCUT2D eigenvalue weighted by atomic mass is 16.5. The summed E-state index contributed by atoms with van der Waals surface area (Å²) in [7, 11) is 1.80. The molecule has 1 fully saturated rings. The summed E-state index contributed by atoms with van der Waals surface area (Å²) in [4.78, 5) is 17.9. The second-order valence-electron chi connectivity index (χ2n) is 6.64. The van der Waals surface area contributed by atoms with Crippen LogP contribution in [0.1, 0.15) is 16.1 Å². The average molecular weight is 338 g/mol. The van der Waals surface area contributed by atoms with Gasteiger partial charge in [-0.15, -0.1) is 0 Å². The van der Waals surface area contributed by atoms with Crippen LogP contribution in [0.15, 0.2) is 42.7 Å². The van der Waals surface area contributed by atoms with Crippen molar-refractivity contribution in [3.05, 3.63) is 54.0 Å². The fourth-order valence-electron chi connectivity index (χ4n) is 3.50. The van der Waals surface area contributed by atoms with Gasteiger partial charge >= 0.3 is 0 Å². The Morgan fingerprint density at radius 2 is 2.28 bits per heavy atom. The third-order valence-electron chi connectivity index (χ3n) is 4.81. The zero-order valence-electron chi connectivity index (χ0n) is 14.3. The Bertz CT molecular complexity index is 882. The van der Waals surface area contributed by atoms with E-state index in [0.717, 1.165) is 11.9 Å². The van der Waals surface area contributed by atoms with Crippen LogP contribution in [0.3, 0.4) is 0 Å². The number of hydrogen-bond donors (Lipinski definition) is 1. The molecular formula is C19H22N4O2. The van der Waals surface area contributed by atoms with Crippen LogP contribution in [0, 0.1) is 5.92 Å². The van der Waals surface area contributed by atoms with E-state index in [-0.39, 0.29) is 11.8 Å². The molecule has 1 aromatic carbocycles. The van der Waals surface area contributed by atoms with E-state index < -0.39 is 0 Å². The lowest BCUT2D eigenvalue weighted by Gasteiger charge is -2.23. The van der Waals surface area contributed by atoms with Crippen LogP contribution >= 0.6 is 0 Å². The molecule has 1 N–H and O–H groups in total. The largest absolute Gasteiger partial charge is 0.379 e. The van der Waals surface area contributed by atoms with E-state index in [1.807, 2.05) is 11.1 Å². The number of nitrogens with zero attached hydrogens (tertiary/aromatic N) is 3. The minimum Gasteiger partial charge on any atom is -0.379 e. The topological polar surface area (TPSA) is 63.1 Å². The maximum atomic E-state index is 12.8. The molecule has 0 bridgehead atoms. The highest BCUT2D eigenvalue weighted by molar-refractivity contribution is 5.92. The van der Waals surface area contributed by atoms with Crippen LogP contribution in [-0.4, -0.2) is 51.9 Å². The van der Waals surface area contributed by atoms with E-state index in [2.05, 4.69) is 34.3 Å². The molecule has 1 atom stereocenters. The number of rotatable bonds is 3. The summed E-state index contributed by atoms with van der Waals surface area (Å²) in [5, 5.41) is 5.32. The molecule has 6 heteroatoms. The van der Waals surface area contributed by atoms with Gasteiger partial charge in [-0.05, 0) is 41.6 Å². The van der Waals surface area contributed by atoms with Crippen molar-refractivity contribution in [2.24, 2.45) is 13.0 Å². The number of carbonyl (C=O) groups excluding carboxylic acids is 1. The number of ether oxygens (including phenoxy) is 1. The maximum Gasteiger partial charge on any atom is 0.272 e. The lowest BCUT2D eigenvalue weighted by atomic mass is 9.98. The van der Waals surface area contributed by atoms with E-state index >= 15 is 0 Å². The predicted octanol–water partition coefficient (Wildman–Crippen LogP) is 2.23. The van der Waals surface area contributed by atoms with Crippen LogP contribution in [-0.2, 0) is 18.2 Å². The summed E-state index contributed by atoms with van der Waals surface area (Å²) in [5.41, 5.74) is 3.04. The molecular weight excluding hydrogens is 316 g/mol. The smallest absolute Gasteiger partial charge is 0.272 e. The zero-order chi connectivity index (χ0) is 17.2. The fourth-order valence-corrected chi connectivity index (χ4v) is 3.50. The minimum absolute atomic E-state index is 0.0246. The van der Waals surface area contributed by atoms with Gasteiger partial charge in [-0.1, -0.05) is 6.07 Å². The van der Waals surface area contributed by atoms with Crippen molar-refractivity contribution in [2.45, 2.75) is 6.42 Å². The summed E-state index contributed by atoms with van der Waals surface area (Å²) >= 11 is 0. The van der Waals surface area contributed by atoms with E-state index in [1.54, 1.807) is 24.0 Å². The molecule has 6 nitrogen and oxygen atoms in total. The van der Waals surface area contributed by atoms with Gasteiger partial charge in [0.1, 0.15) is 5.69 Å². The Balaban J connectivity index is 1.49. The van der Waals surface area contributed by atoms with Crippen LogP contribution in [0.25, 0.3) is 10.9 Å². The number of aromatic amines is 1. The molecule has 0 aliphatic carbocycles. The van der Waals surface area contributed by atoms with Crippen LogP contribution in [0.2, 0.25) is 0 Å². The van der Waals surface area contributed by atoms with Gasteiger partial charge in [0.15, 0.2) is 0 Å². The first kappa shape index (κ1) is 15.9. The molecule has 3 heterocycles. The Morgan fingerprint density at radius 3 is 3.12 bits per heavy atom. The molecule has 0 spiro atoms. The number of hydrogen-bond acceptors (Lipinski definition) is 3. The van der Waals surface area contributed by atoms with Crippen LogP contribution < -0.4 is 0 Å². The van der Waals surface area contributed by atoms with E-state index in [9.17, 15) is 4.79 Å². The molecule has 2 aromatic heterocycles.